The van der Waals surface area contributed by atoms with Gasteiger partial charge in [0.25, 0.3) is 0 Å². The number of aliphatic hydroxyl groups is 1. The SMILES string of the molecule is C[C@@H]1CC[C@@H](C(C)(C)c2ccccc2)[C@H](OC(=O)/C=C/[C@H]2CCCC(O)O2)C1. The Hall–Kier alpha value is -1.65. The fourth-order valence-corrected chi connectivity index (χ4v) is 4.71. The molecule has 1 N–H and O–H groups in total. The molecule has 0 spiro atoms. The van der Waals surface area contributed by atoms with E-state index in [1.165, 1.54) is 18.1 Å². The van der Waals surface area contributed by atoms with Gasteiger partial charge in [0.1, 0.15) is 6.10 Å². The van der Waals surface area contributed by atoms with Crippen molar-refractivity contribution in [1.29, 1.82) is 0 Å². The van der Waals surface area contributed by atoms with Gasteiger partial charge in [-0.2, -0.15) is 0 Å². The lowest BCUT2D eigenvalue weighted by Crippen LogP contribution is -2.43. The van der Waals surface area contributed by atoms with Crippen LogP contribution in [-0.4, -0.2) is 29.6 Å². The number of ether oxygens (including phenoxy) is 2. The minimum Gasteiger partial charge on any atom is -0.459 e. The average molecular weight is 387 g/mol. The number of carbonyl (C=O) groups is 1. The number of aliphatic hydroxyl groups excluding tert-OH is 1. The molecular weight excluding hydrogens is 352 g/mol. The van der Waals surface area contributed by atoms with E-state index >= 15 is 0 Å². The largest absolute Gasteiger partial charge is 0.459 e. The molecule has 1 saturated carbocycles. The molecule has 4 heteroatoms. The molecule has 2 fully saturated rings. The highest BCUT2D eigenvalue weighted by Gasteiger charge is 2.41. The summed E-state index contributed by atoms with van der Waals surface area (Å²) in [5.41, 5.74) is 1.22. The molecule has 4 nitrogen and oxygen atoms in total. The number of hydrogen-bond donors (Lipinski definition) is 1. The number of carbonyl (C=O) groups excluding carboxylic acids is 1. The van der Waals surface area contributed by atoms with Crippen LogP contribution in [0.25, 0.3) is 0 Å². The summed E-state index contributed by atoms with van der Waals surface area (Å²) in [4.78, 5) is 12.5. The second-order valence-electron chi connectivity index (χ2n) is 9.01. The Labute approximate surface area is 168 Å². The standard InChI is InChI=1S/C24H34O4/c1-17-12-14-20(24(2,3)18-8-5-4-6-9-18)21(16-17)28-23(26)15-13-19-10-7-11-22(25)27-19/h4-6,8-9,13,15,17,19-22,25H,7,10-12,14,16H2,1-3H3/b15-13+/t17-,19-,20-,21-,22?/m1/s1. The number of benzene rings is 1. The van der Waals surface area contributed by atoms with E-state index in [4.69, 9.17) is 9.47 Å². The molecule has 1 aromatic rings. The van der Waals surface area contributed by atoms with Crippen molar-refractivity contribution in [1.82, 2.24) is 0 Å². The Kier molecular flexibility index (Phi) is 6.95. The first-order valence-corrected chi connectivity index (χ1v) is 10.6. The highest BCUT2D eigenvalue weighted by atomic mass is 16.6. The maximum atomic E-state index is 12.5. The van der Waals surface area contributed by atoms with Gasteiger partial charge >= 0.3 is 5.97 Å². The molecule has 3 rings (SSSR count). The van der Waals surface area contributed by atoms with Crippen LogP contribution in [0.4, 0.5) is 0 Å². The molecule has 5 atom stereocenters. The summed E-state index contributed by atoms with van der Waals surface area (Å²) in [5.74, 6) is 0.536. The van der Waals surface area contributed by atoms with Crippen molar-refractivity contribution in [3.8, 4) is 0 Å². The quantitative estimate of drug-likeness (QED) is 0.586. The Morgan fingerprint density at radius 2 is 1.93 bits per heavy atom. The Morgan fingerprint density at radius 3 is 2.64 bits per heavy atom. The monoisotopic (exact) mass is 386 g/mol. The van der Waals surface area contributed by atoms with Gasteiger partial charge in [-0.1, -0.05) is 57.5 Å². The molecule has 0 bridgehead atoms. The highest BCUT2D eigenvalue weighted by Crippen LogP contribution is 2.43. The summed E-state index contributed by atoms with van der Waals surface area (Å²) in [5, 5.41) is 9.60. The molecule has 0 radical (unpaired) electrons. The zero-order chi connectivity index (χ0) is 20.1. The van der Waals surface area contributed by atoms with Gasteiger partial charge in [-0.25, -0.2) is 4.79 Å². The van der Waals surface area contributed by atoms with E-state index < -0.39 is 6.29 Å². The molecule has 1 saturated heterocycles. The second kappa shape index (κ2) is 9.23. The zero-order valence-corrected chi connectivity index (χ0v) is 17.3. The number of esters is 1. The van der Waals surface area contributed by atoms with Crippen molar-refractivity contribution in [3.05, 3.63) is 48.0 Å². The van der Waals surface area contributed by atoms with E-state index in [9.17, 15) is 9.90 Å². The van der Waals surface area contributed by atoms with Crippen molar-refractivity contribution in [2.24, 2.45) is 11.8 Å². The van der Waals surface area contributed by atoms with Crippen LogP contribution in [-0.2, 0) is 19.7 Å². The third kappa shape index (κ3) is 5.24. The average Bonchev–Trinajstić information content (AvgIpc) is 2.67. The van der Waals surface area contributed by atoms with E-state index in [1.54, 1.807) is 6.08 Å². The number of rotatable bonds is 5. The maximum absolute atomic E-state index is 12.5. The molecule has 2 aliphatic rings. The normalized spacial score (nSPS) is 31.6. The molecular formula is C24H34O4. The molecule has 1 aromatic carbocycles. The molecule has 1 aliphatic carbocycles. The highest BCUT2D eigenvalue weighted by molar-refractivity contribution is 5.82. The third-order valence-corrected chi connectivity index (χ3v) is 6.48. The van der Waals surface area contributed by atoms with Crippen LogP contribution in [0.5, 0.6) is 0 Å². The molecule has 1 heterocycles. The van der Waals surface area contributed by atoms with Gasteiger partial charge in [-0.3, -0.25) is 0 Å². The number of hydrogen-bond acceptors (Lipinski definition) is 4. The summed E-state index contributed by atoms with van der Waals surface area (Å²) in [6, 6.07) is 10.5. The van der Waals surface area contributed by atoms with E-state index in [-0.39, 0.29) is 29.5 Å². The van der Waals surface area contributed by atoms with Gasteiger partial charge in [0.05, 0.1) is 6.10 Å². The van der Waals surface area contributed by atoms with Gasteiger partial charge in [-0.15, -0.1) is 0 Å². The fourth-order valence-electron chi connectivity index (χ4n) is 4.71. The summed E-state index contributed by atoms with van der Waals surface area (Å²) < 4.78 is 11.4. The molecule has 0 amide bonds. The Balaban J connectivity index is 1.67. The van der Waals surface area contributed by atoms with Crippen molar-refractivity contribution in [3.63, 3.8) is 0 Å². The van der Waals surface area contributed by atoms with E-state index in [1.807, 2.05) is 6.07 Å². The van der Waals surface area contributed by atoms with Gasteiger partial charge < -0.3 is 14.6 Å². The molecule has 0 aromatic heterocycles. The van der Waals surface area contributed by atoms with Crippen LogP contribution in [0.3, 0.4) is 0 Å². The van der Waals surface area contributed by atoms with Crippen LogP contribution in [0, 0.1) is 11.8 Å². The lowest BCUT2D eigenvalue weighted by atomic mass is 9.64. The van der Waals surface area contributed by atoms with Gasteiger partial charge in [0.15, 0.2) is 6.29 Å². The third-order valence-electron chi connectivity index (χ3n) is 6.48. The fraction of sp³-hybridized carbons (Fsp3) is 0.625. The van der Waals surface area contributed by atoms with Crippen LogP contribution in [0.1, 0.15) is 64.9 Å². The summed E-state index contributed by atoms with van der Waals surface area (Å²) in [7, 11) is 0. The van der Waals surface area contributed by atoms with Gasteiger partial charge in [0, 0.05) is 12.0 Å². The zero-order valence-electron chi connectivity index (χ0n) is 17.3. The van der Waals surface area contributed by atoms with Gasteiger partial charge in [0.2, 0.25) is 0 Å². The Bertz CT molecular complexity index is 666. The Morgan fingerprint density at radius 1 is 1.18 bits per heavy atom. The predicted molar refractivity (Wildman–Crippen MR) is 110 cm³/mol. The first-order chi connectivity index (χ1) is 13.4. The van der Waals surface area contributed by atoms with E-state index in [0.29, 0.717) is 12.3 Å². The maximum Gasteiger partial charge on any atom is 0.330 e. The second-order valence-corrected chi connectivity index (χ2v) is 9.01. The minimum absolute atomic E-state index is 0.0628. The lowest BCUT2D eigenvalue weighted by Gasteiger charge is -2.43. The van der Waals surface area contributed by atoms with Crippen molar-refractivity contribution in [2.75, 3.05) is 0 Å². The predicted octanol–water partition coefficient (Wildman–Crippen LogP) is 4.76. The molecule has 154 valence electrons. The lowest BCUT2D eigenvalue weighted by molar-refractivity contribution is -0.153. The van der Waals surface area contributed by atoms with E-state index in [2.05, 4.69) is 45.0 Å². The van der Waals surface area contributed by atoms with E-state index in [0.717, 1.165) is 25.7 Å². The van der Waals surface area contributed by atoms with Crippen molar-refractivity contribution >= 4 is 5.97 Å². The van der Waals surface area contributed by atoms with Crippen LogP contribution in [0.15, 0.2) is 42.5 Å². The summed E-state index contributed by atoms with van der Waals surface area (Å²) in [6.07, 6.45) is 7.69. The smallest absolute Gasteiger partial charge is 0.330 e. The molecule has 28 heavy (non-hydrogen) atoms. The van der Waals surface area contributed by atoms with Crippen molar-refractivity contribution in [2.45, 2.75) is 83.2 Å². The first-order valence-electron chi connectivity index (χ1n) is 10.6. The summed E-state index contributed by atoms with van der Waals surface area (Å²) in [6.45, 7) is 6.76. The first kappa shape index (κ1) is 21.1. The van der Waals surface area contributed by atoms with Crippen LogP contribution < -0.4 is 0 Å². The topological polar surface area (TPSA) is 55.8 Å². The van der Waals surface area contributed by atoms with Crippen LogP contribution >= 0.6 is 0 Å². The van der Waals surface area contributed by atoms with Crippen molar-refractivity contribution < 1.29 is 19.4 Å². The summed E-state index contributed by atoms with van der Waals surface area (Å²) >= 11 is 0. The minimum atomic E-state index is -0.727. The van der Waals surface area contributed by atoms with Crippen LogP contribution in [0.2, 0.25) is 0 Å². The molecule has 1 unspecified atom stereocenters. The molecule has 1 aliphatic heterocycles. The van der Waals surface area contributed by atoms with Gasteiger partial charge in [-0.05, 0) is 55.1 Å².